The van der Waals surface area contributed by atoms with Crippen LogP contribution in [0.25, 0.3) is 0 Å². The Labute approximate surface area is 131 Å². The lowest BCUT2D eigenvalue weighted by molar-refractivity contribution is 0.1000. The first-order valence-electron chi connectivity index (χ1n) is 7.22. The first-order chi connectivity index (χ1) is 9.44. The molecule has 0 bridgehead atoms. The van der Waals surface area contributed by atoms with Crippen molar-refractivity contribution < 1.29 is 4.74 Å². The molecule has 0 radical (unpaired) electrons. The van der Waals surface area contributed by atoms with Crippen LogP contribution in [0.15, 0.2) is 23.1 Å². The van der Waals surface area contributed by atoms with E-state index in [1.807, 2.05) is 17.8 Å². The lowest BCUT2D eigenvalue weighted by Gasteiger charge is -2.24. The van der Waals surface area contributed by atoms with Gasteiger partial charge in [0.15, 0.2) is 0 Å². The van der Waals surface area contributed by atoms with E-state index < -0.39 is 0 Å². The Morgan fingerprint density at radius 2 is 2.00 bits per heavy atom. The maximum Gasteiger partial charge on any atom is 0.0476 e. The van der Waals surface area contributed by atoms with Crippen molar-refractivity contribution in [3.8, 4) is 0 Å². The predicted octanol–water partition coefficient (Wildman–Crippen LogP) is 4.50. The van der Waals surface area contributed by atoms with Gasteiger partial charge >= 0.3 is 0 Å². The van der Waals surface area contributed by atoms with Gasteiger partial charge in [-0.05, 0) is 57.4 Å². The molecule has 0 aromatic heterocycles. The highest BCUT2D eigenvalue weighted by Gasteiger charge is 2.17. The Balaban J connectivity index is 2.06. The molecule has 2 nitrogen and oxygen atoms in total. The van der Waals surface area contributed by atoms with Crippen LogP contribution in [0.4, 0.5) is 0 Å². The molecular weight excluding hydrogens is 290 g/mol. The molecule has 2 rings (SSSR count). The fraction of sp³-hybridized carbons (Fsp3) is 0.625. The van der Waals surface area contributed by atoms with E-state index in [1.54, 1.807) is 0 Å². The number of nitrogens with one attached hydrogen (secondary N) is 1. The Kier molecular flexibility index (Phi) is 5.79. The van der Waals surface area contributed by atoms with Crippen molar-refractivity contribution in [2.45, 2.75) is 55.8 Å². The Morgan fingerprint density at radius 1 is 1.30 bits per heavy atom. The van der Waals surface area contributed by atoms with Gasteiger partial charge in [-0.25, -0.2) is 0 Å². The fourth-order valence-electron chi connectivity index (χ4n) is 2.13. The van der Waals surface area contributed by atoms with E-state index in [1.165, 1.54) is 10.5 Å². The normalized spacial score (nSPS) is 17.4. The van der Waals surface area contributed by atoms with Gasteiger partial charge in [0.25, 0.3) is 0 Å². The van der Waals surface area contributed by atoms with E-state index in [2.05, 4.69) is 38.2 Å². The molecule has 1 aliphatic heterocycles. The van der Waals surface area contributed by atoms with Crippen molar-refractivity contribution in [1.29, 1.82) is 0 Å². The summed E-state index contributed by atoms with van der Waals surface area (Å²) in [6.07, 6.45) is 2.28. The van der Waals surface area contributed by atoms with Gasteiger partial charge in [-0.15, -0.1) is 11.8 Å². The second-order valence-electron chi connectivity index (χ2n) is 6.29. The van der Waals surface area contributed by atoms with Crippen molar-refractivity contribution in [3.63, 3.8) is 0 Å². The van der Waals surface area contributed by atoms with E-state index in [9.17, 15) is 0 Å². The lowest BCUT2D eigenvalue weighted by atomic mass is 10.1. The summed E-state index contributed by atoms with van der Waals surface area (Å²) >= 11 is 8.12. The van der Waals surface area contributed by atoms with Crippen molar-refractivity contribution in [1.82, 2.24) is 5.32 Å². The molecule has 0 spiro atoms. The topological polar surface area (TPSA) is 21.3 Å². The highest BCUT2D eigenvalue weighted by Crippen LogP contribution is 2.33. The summed E-state index contributed by atoms with van der Waals surface area (Å²) in [6.45, 7) is 9.19. The molecule has 1 aliphatic rings. The Morgan fingerprint density at radius 3 is 2.65 bits per heavy atom. The van der Waals surface area contributed by atoms with Crippen molar-refractivity contribution in [2.75, 3.05) is 13.2 Å². The quantitative estimate of drug-likeness (QED) is 0.884. The molecular formula is C16H24ClNOS. The molecule has 1 aromatic rings. The van der Waals surface area contributed by atoms with Crippen LogP contribution in [0.1, 0.15) is 39.2 Å². The summed E-state index contributed by atoms with van der Waals surface area (Å²) in [6, 6.07) is 6.23. The molecule has 0 amide bonds. The van der Waals surface area contributed by atoms with Crippen LogP contribution in [0, 0.1) is 0 Å². The minimum atomic E-state index is 0.114. The van der Waals surface area contributed by atoms with Gasteiger partial charge in [-0.2, -0.15) is 0 Å². The molecule has 4 heteroatoms. The van der Waals surface area contributed by atoms with Gasteiger partial charge in [0.05, 0.1) is 0 Å². The fourth-order valence-corrected chi connectivity index (χ4v) is 3.55. The smallest absolute Gasteiger partial charge is 0.0476 e. The molecule has 0 atom stereocenters. The minimum absolute atomic E-state index is 0.114. The molecule has 1 fully saturated rings. The Bertz CT molecular complexity index is 439. The number of benzene rings is 1. The molecule has 1 N–H and O–H groups in total. The van der Waals surface area contributed by atoms with E-state index in [0.717, 1.165) is 37.6 Å². The summed E-state index contributed by atoms with van der Waals surface area (Å²) in [5.74, 6) is 0. The van der Waals surface area contributed by atoms with Gasteiger partial charge in [-0.3, -0.25) is 0 Å². The third-order valence-corrected chi connectivity index (χ3v) is 4.99. The number of rotatable bonds is 4. The van der Waals surface area contributed by atoms with Gasteiger partial charge < -0.3 is 10.1 Å². The van der Waals surface area contributed by atoms with E-state index in [-0.39, 0.29) is 5.54 Å². The molecule has 1 aromatic carbocycles. The molecule has 0 saturated carbocycles. The Hall–Kier alpha value is -0.220. The van der Waals surface area contributed by atoms with Gasteiger partial charge in [-0.1, -0.05) is 11.6 Å². The highest BCUT2D eigenvalue weighted by molar-refractivity contribution is 8.00. The van der Waals surface area contributed by atoms with Crippen LogP contribution < -0.4 is 5.32 Å². The lowest BCUT2D eigenvalue weighted by Crippen LogP contribution is -2.35. The van der Waals surface area contributed by atoms with Crippen LogP contribution in [0.2, 0.25) is 5.02 Å². The summed E-state index contributed by atoms with van der Waals surface area (Å²) in [5.41, 5.74) is 1.41. The van der Waals surface area contributed by atoms with Crippen molar-refractivity contribution in [3.05, 3.63) is 28.8 Å². The SMILES string of the molecule is CC(C)(C)NCc1cc(Cl)ccc1SC1CCOCC1. The number of hydrogen-bond acceptors (Lipinski definition) is 3. The monoisotopic (exact) mass is 313 g/mol. The van der Waals surface area contributed by atoms with Crippen LogP contribution in [0.5, 0.6) is 0 Å². The van der Waals surface area contributed by atoms with Crippen molar-refractivity contribution in [2.24, 2.45) is 0 Å². The van der Waals surface area contributed by atoms with Crippen molar-refractivity contribution >= 4 is 23.4 Å². The minimum Gasteiger partial charge on any atom is -0.381 e. The number of halogens is 1. The van der Waals surface area contributed by atoms with Crippen LogP contribution >= 0.6 is 23.4 Å². The average Bonchev–Trinajstić information content (AvgIpc) is 2.39. The highest BCUT2D eigenvalue weighted by atomic mass is 35.5. The first-order valence-corrected chi connectivity index (χ1v) is 8.48. The molecule has 20 heavy (non-hydrogen) atoms. The third-order valence-electron chi connectivity index (χ3n) is 3.29. The number of thioether (sulfide) groups is 1. The van der Waals surface area contributed by atoms with Gasteiger partial charge in [0.2, 0.25) is 0 Å². The second-order valence-corrected chi connectivity index (χ2v) is 8.06. The largest absolute Gasteiger partial charge is 0.381 e. The van der Waals surface area contributed by atoms with Gasteiger partial charge in [0.1, 0.15) is 0 Å². The number of hydrogen-bond donors (Lipinski definition) is 1. The van der Waals surface area contributed by atoms with Gasteiger partial charge in [0, 0.05) is 40.5 Å². The predicted molar refractivity (Wildman–Crippen MR) is 87.7 cm³/mol. The summed E-state index contributed by atoms with van der Waals surface area (Å²) < 4.78 is 5.43. The second kappa shape index (κ2) is 7.17. The summed E-state index contributed by atoms with van der Waals surface area (Å²) in [4.78, 5) is 1.35. The summed E-state index contributed by atoms with van der Waals surface area (Å²) in [5, 5.41) is 5.02. The first kappa shape index (κ1) is 16.2. The molecule has 1 heterocycles. The molecule has 112 valence electrons. The third kappa shape index (κ3) is 5.28. The summed E-state index contributed by atoms with van der Waals surface area (Å²) in [7, 11) is 0. The maximum atomic E-state index is 6.15. The zero-order valence-corrected chi connectivity index (χ0v) is 14.1. The van der Waals surface area contributed by atoms with E-state index in [4.69, 9.17) is 16.3 Å². The zero-order chi connectivity index (χ0) is 14.6. The van der Waals surface area contributed by atoms with E-state index in [0.29, 0.717) is 5.25 Å². The molecule has 0 aliphatic carbocycles. The van der Waals surface area contributed by atoms with Crippen LogP contribution in [0.3, 0.4) is 0 Å². The zero-order valence-electron chi connectivity index (χ0n) is 12.5. The standard InChI is InChI=1S/C16H24ClNOS/c1-16(2,3)18-11-12-10-13(17)4-5-15(12)20-14-6-8-19-9-7-14/h4-5,10,14,18H,6-9,11H2,1-3H3. The molecule has 1 saturated heterocycles. The van der Waals surface area contributed by atoms with E-state index >= 15 is 0 Å². The van der Waals surface area contributed by atoms with Crippen LogP contribution in [-0.2, 0) is 11.3 Å². The maximum absolute atomic E-state index is 6.15. The average molecular weight is 314 g/mol. The number of ether oxygens (including phenoxy) is 1. The van der Waals surface area contributed by atoms with Crippen LogP contribution in [-0.4, -0.2) is 24.0 Å². The molecule has 0 unspecified atom stereocenters.